The predicted octanol–water partition coefficient (Wildman–Crippen LogP) is 2.47. The molecule has 0 spiro atoms. The van der Waals surface area contributed by atoms with Crippen LogP contribution in [-0.2, 0) is 16.6 Å². The van der Waals surface area contributed by atoms with E-state index in [9.17, 15) is 8.42 Å². The van der Waals surface area contributed by atoms with E-state index in [2.05, 4.69) is 14.7 Å². The molecule has 2 heterocycles. The normalized spacial score (nSPS) is 11.1. The van der Waals surface area contributed by atoms with Crippen LogP contribution in [0.25, 0.3) is 0 Å². The van der Waals surface area contributed by atoms with Crippen LogP contribution < -0.4 is 9.46 Å². The first-order valence-corrected chi connectivity index (χ1v) is 8.21. The van der Waals surface area contributed by atoms with Crippen LogP contribution in [0, 0.1) is 0 Å². The minimum Gasteiger partial charge on any atom is -0.471 e. The summed E-state index contributed by atoms with van der Waals surface area (Å²) in [7, 11) is -3.44. The van der Waals surface area contributed by atoms with Crippen LogP contribution in [0.4, 0.5) is 5.69 Å². The molecule has 6 nitrogen and oxygen atoms in total. The molecule has 0 aliphatic carbocycles. The number of rotatable bonds is 6. The van der Waals surface area contributed by atoms with Crippen molar-refractivity contribution in [2.75, 3.05) is 10.5 Å². The average Bonchev–Trinajstić information content (AvgIpc) is 2.47. The molecule has 1 N–H and O–H groups in total. The van der Waals surface area contributed by atoms with E-state index in [-0.39, 0.29) is 23.9 Å². The van der Waals surface area contributed by atoms with Crippen molar-refractivity contribution in [3.8, 4) is 5.88 Å². The second kappa shape index (κ2) is 6.73. The molecule has 2 aromatic heterocycles. The van der Waals surface area contributed by atoms with E-state index in [1.807, 2.05) is 6.07 Å². The maximum Gasteiger partial charge on any atom is 0.238 e. The Labute approximate surface area is 128 Å². The molecule has 0 fully saturated rings. The maximum atomic E-state index is 11.7. The summed E-state index contributed by atoms with van der Waals surface area (Å²) in [5.74, 6) is 0.113. The lowest BCUT2D eigenvalue weighted by Gasteiger charge is -2.12. The molecule has 0 aliphatic rings. The van der Waals surface area contributed by atoms with Crippen LogP contribution in [0.2, 0.25) is 5.02 Å². The third-order valence-electron chi connectivity index (χ3n) is 2.56. The van der Waals surface area contributed by atoms with E-state index >= 15 is 0 Å². The molecule has 0 aromatic carbocycles. The van der Waals surface area contributed by atoms with Crippen LogP contribution >= 0.6 is 11.6 Å². The second-order valence-corrected chi connectivity index (χ2v) is 6.61. The number of nitrogens with zero attached hydrogens (tertiary/aromatic N) is 2. The number of hydrogen-bond donors (Lipinski definition) is 1. The zero-order valence-corrected chi connectivity index (χ0v) is 12.9. The summed E-state index contributed by atoms with van der Waals surface area (Å²) in [5, 5.41) is 0.317. The Morgan fingerprint density at radius 2 is 2.19 bits per heavy atom. The molecule has 0 amide bonds. The number of pyridine rings is 2. The van der Waals surface area contributed by atoms with Crippen molar-refractivity contribution >= 4 is 27.3 Å². The van der Waals surface area contributed by atoms with E-state index in [1.165, 1.54) is 19.2 Å². The van der Waals surface area contributed by atoms with Gasteiger partial charge in [0, 0.05) is 24.2 Å². The minimum atomic E-state index is -3.44. The van der Waals surface area contributed by atoms with Gasteiger partial charge in [0.2, 0.25) is 15.9 Å². The van der Waals surface area contributed by atoms with Crippen LogP contribution in [0.5, 0.6) is 5.88 Å². The fourth-order valence-corrected chi connectivity index (χ4v) is 2.27. The highest BCUT2D eigenvalue weighted by molar-refractivity contribution is 7.92. The summed E-state index contributed by atoms with van der Waals surface area (Å²) in [5.41, 5.74) is 1.06. The monoisotopic (exact) mass is 327 g/mol. The number of halogens is 1. The van der Waals surface area contributed by atoms with Gasteiger partial charge >= 0.3 is 0 Å². The van der Waals surface area contributed by atoms with Gasteiger partial charge in [0.25, 0.3) is 0 Å². The van der Waals surface area contributed by atoms with E-state index in [0.29, 0.717) is 5.02 Å². The molecule has 0 radical (unpaired) electrons. The van der Waals surface area contributed by atoms with Gasteiger partial charge in [-0.3, -0.25) is 9.71 Å². The van der Waals surface area contributed by atoms with Gasteiger partial charge in [-0.1, -0.05) is 17.7 Å². The minimum absolute atomic E-state index is 0.0540. The highest BCUT2D eigenvalue weighted by Gasteiger charge is 2.13. The van der Waals surface area contributed by atoms with Gasteiger partial charge in [-0.15, -0.1) is 0 Å². The first kappa shape index (κ1) is 15.5. The highest BCUT2D eigenvalue weighted by atomic mass is 35.5. The van der Waals surface area contributed by atoms with Crippen molar-refractivity contribution in [3.63, 3.8) is 0 Å². The van der Waals surface area contributed by atoms with Crippen molar-refractivity contribution in [1.82, 2.24) is 9.97 Å². The first-order valence-electron chi connectivity index (χ1n) is 6.18. The number of nitrogens with one attached hydrogen (secondary N) is 1. The van der Waals surface area contributed by atoms with E-state index < -0.39 is 10.0 Å². The molecule has 2 rings (SSSR count). The van der Waals surface area contributed by atoms with Crippen LogP contribution in [0.3, 0.4) is 0 Å². The van der Waals surface area contributed by atoms with Gasteiger partial charge in [0.15, 0.2) is 0 Å². The third kappa shape index (κ3) is 4.57. The maximum absolute atomic E-state index is 11.7. The Bertz CT molecular complexity index is 708. The van der Waals surface area contributed by atoms with Crippen molar-refractivity contribution in [2.45, 2.75) is 13.5 Å². The molecular formula is C13H14ClN3O3S. The molecule has 0 saturated heterocycles. The smallest absolute Gasteiger partial charge is 0.238 e. The largest absolute Gasteiger partial charge is 0.471 e. The van der Waals surface area contributed by atoms with Crippen molar-refractivity contribution in [1.29, 1.82) is 0 Å². The van der Waals surface area contributed by atoms with E-state index in [0.717, 1.165) is 5.56 Å². The summed E-state index contributed by atoms with van der Waals surface area (Å²) in [6.07, 6.45) is 4.71. The fourth-order valence-electron chi connectivity index (χ4n) is 1.49. The molecule has 0 unspecified atom stereocenters. The lowest BCUT2D eigenvalue weighted by atomic mass is 10.3. The topological polar surface area (TPSA) is 81.2 Å². The Balaban J connectivity index is 2.19. The van der Waals surface area contributed by atoms with Gasteiger partial charge in [-0.2, -0.15) is 0 Å². The highest BCUT2D eigenvalue weighted by Crippen LogP contribution is 2.26. The van der Waals surface area contributed by atoms with Crippen molar-refractivity contribution in [3.05, 3.63) is 47.4 Å². The quantitative estimate of drug-likeness (QED) is 0.881. The van der Waals surface area contributed by atoms with Crippen LogP contribution in [0.15, 0.2) is 36.8 Å². The van der Waals surface area contributed by atoms with Crippen molar-refractivity contribution < 1.29 is 13.2 Å². The Hall–Kier alpha value is -1.86. The van der Waals surface area contributed by atoms with E-state index in [1.54, 1.807) is 18.5 Å². The standard InChI is InChI=1S/C13H14ClN3O3S/c1-2-21(18,19)17-12-6-11(14)8-16-13(12)20-9-10-4-3-5-15-7-10/h3-8,17H,2,9H2,1H3. The number of aromatic nitrogens is 2. The summed E-state index contributed by atoms with van der Waals surface area (Å²) < 4.78 is 31.2. The van der Waals surface area contributed by atoms with Gasteiger partial charge < -0.3 is 4.74 Å². The third-order valence-corrected chi connectivity index (χ3v) is 4.06. The molecule has 0 bridgehead atoms. The molecule has 0 aliphatic heterocycles. The summed E-state index contributed by atoms with van der Waals surface area (Å²) >= 11 is 5.84. The number of anilines is 1. The van der Waals surface area contributed by atoms with Gasteiger partial charge in [-0.05, 0) is 19.1 Å². The predicted molar refractivity (Wildman–Crippen MR) is 80.9 cm³/mol. The average molecular weight is 328 g/mol. The zero-order valence-electron chi connectivity index (χ0n) is 11.3. The van der Waals surface area contributed by atoms with Gasteiger partial charge in [0.05, 0.1) is 10.8 Å². The Morgan fingerprint density at radius 3 is 2.86 bits per heavy atom. The summed E-state index contributed by atoms with van der Waals surface area (Å²) in [6.45, 7) is 1.76. The summed E-state index contributed by atoms with van der Waals surface area (Å²) in [4.78, 5) is 7.98. The van der Waals surface area contributed by atoms with Gasteiger partial charge in [0.1, 0.15) is 12.3 Å². The molecular weight excluding hydrogens is 314 g/mol. The molecule has 0 atom stereocenters. The molecule has 0 saturated carbocycles. The van der Waals surface area contributed by atoms with Gasteiger partial charge in [-0.25, -0.2) is 13.4 Å². The van der Waals surface area contributed by atoms with Crippen LogP contribution in [0.1, 0.15) is 12.5 Å². The second-order valence-electron chi connectivity index (χ2n) is 4.16. The molecule has 2 aromatic rings. The summed E-state index contributed by atoms with van der Waals surface area (Å²) in [6, 6.07) is 5.09. The fraction of sp³-hybridized carbons (Fsp3) is 0.231. The number of ether oxygens (including phenoxy) is 1. The number of hydrogen-bond acceptors (Lipinski definition) is 5. The lowest BCUT2D eigenvalue weighted by molar-refractivity contribution is 0.295. The molecule has 8 heteroatoms. The zero-order chi connectivity index (χ0) is 15.3. The van der Waals surface area contributed by atoms with Crippen LogP contribution in [-0.4, -0.2) is 24.1 Å². The Morgan fingerprint density at radius 1 is 1.38 bits per heavy atom. The Kier molecular flexibility index (Phi) is 4.98. The first-order chi connectivity index (χ1) is 10.00. The number of sulfonamides is 1. The molecule has 21 heavy (non-hydrogen) atoms. The van der Waals surface area contributed by atoms with E-state index in [4.69, 9.17) is 16.3 Å². The SMILES string of the molecule is CCS(=O)(=O)Nc1cc(Cl)cnc1OCc1cccnc1. The van der Waals surface area contributed by atoms with Crippen molar-refractivity contribution in [2.24, 2.45) is 0 Å². The lowest BCUT2D eigenvalue weighted by Crippen LogP contribution is -2.15. The molecule has 112 valence electrons.